The Morgan fingerprint density at radius 1 is 1.63 bits per heavy atom. The van der Waals surface area contributed by atoms with Crippen LogP contribution < -0.4 is 4.72 Å². The largest absolute Gasteiger partial charge is 0.480 e. The first-order chi connectivity index (χ1) is 8.94. The van der Waals surface area contributed by atoms with Gasteiger partial charge in [0.1, 0.15) is 6.54 Å². The number of ether oxygens (including phenoxy) is 1. The Labute approximate surface area is 110 Å². The van der Waals surface area contributed by atoms with Gasteiger partial charge in [0, 0.05) is 12.8 Å². The fraction of sp³-hybridized carbons (Fsp3) is 0.600. The van der Waals surface area contributed by atoms with E-state index in [1.54, 1.807) is 0 Å². The van der Waals surface area contributed by atoms with Gasteiger partial charge in [0.2, 0.25) is 10.0 Å². The van der Waals surface area contributed by atoms with Crippen LogP contribution in [0, 0.1) is 0 Å². The molecule has 2 rings (SSSR count). The van der Waals surface area contributed by atoms with Gasteiger partial charge in [-0.2, -0.15) is 5.10 Å². The fourth-order valence-electron chi connectivity index (χ4n) is 1.88. The molecule has 0 radical (unpaired) electrons. The molecule has 1 unspecified atom stereocenters. The van der Waals surface area contributed by atoms with Gasteiger partial charge >= 0.3 is 5.97 Å². The molecule has 0 spiro atoms. The lowest BCUT2D eigenvalue weighted by Crippen LogP contribution is -2.25. The Balaban J connectivity index is 1.95. The number of aromatic nitrogens is 2. The summed E-state index contributed by atoms with van der Waals surface area (Å²) in [5, 5.41) is 12.3. The Morgan fingerprint density at radius 2 is 2.42 bits per heavy atom. The SMILES string of the molecule is O=C(O)Cn1cc(NS(=O)(=O)CC2CCCO2)cn1. The van der Waals surface area contributed by atoms with Crippen molar-refractivity contribution in [3.8, 4) is 0 Å². The monoisotopic (exact) mass is 289 g/mol. The van der Waals surface area contributed by atoms with Crippen LogP contribution in [0.4, 0.5) is 5.69 Å². The van der Waals surface area contributed by atoms with Crippen LogP contribution in [0.25, 0.3) is 0 Å². The number of sulfonamides is 1. The minimum atomic E-state index is -3.51. The number of nitrogens with zero attached hydrogens (tertiary/aromatic N) is 2. The summed E-state index contributed by atoms with van der Waals surface area (Å²) in [5.41, 5.74) is 0.249. The van der Waals surface area contributed by atoms with Crippen molar-refractivity contribution >= 4 is 21.7 Å². The predicted molar refractivity (Wildman–Crippen MR) is 66.2 cm³/mol. The molecule has 1 saturated heterocycles. The summed E-state index contributed by atoms with van der Waals surface area (Å²) in [6.07, 6.45) is 3.94. The van der Waals surface area contributed by atoms with E-state index in [4.69, 9.17) is 9.84 Å². The molecule has 9 heteroatoms. The van der Waals surface area contributed by atoms with Gasteiger partial charge in [0.15, 0.2) is 0 Å². The van der Waals surface area contributed by atoms with Crippen molar-refractivity contribution in [2.45, 2.75) is 25.5 Å². The zero-order valence-corrected chi connectivity index (χ0v) is 11.0. The number of hydrogen-bond donors (Lipinski definition) is 2. The molecule has 1 fully saturated rings. The highest BCUT2D eigenvalue weighted by Gasteiger charge is 2.23. The maximum absolute atomic E-state index is 11.8. The molecule has 0 bridgehead atoms. The van der Waals surface area contributed by atoms with Gasteiger partial charge in [-0.05, 0) is 12.8 Å². The van der Waals surface area contributed by atoms with Crippen molar-refractivity contribution in [3.63, 3.8) is 0 Å². The first-order valence-corrected chi connectivity index (χ1v) is 7.46. The van der Waals surface area contributed by atoms with E-state index in [1.165, 1.54) is 12.4 Å². The van der Waals surface area contributed by atoms with Crippen molar-refractivity contribution in [2.75, 3.05) is 17.1 Å². The summed E-state index contributed by atoms with van der Waals surface area (Å²) >= 11 is 0. The molecular weight excluding hydrogens is 274 g/mol. The number of carboxylic acids is 1. The highest BCUT2D eigenvalue weighted by Crippen LogP contribution is 2.15. The van der Waals surface area contributed by atoms with E-state index in [0.717, 1.165) is 17.5 Å². The second-order valence-electron chi connectivity index (χ2n) is 4.34. The molecule has 2 N–H and O–H groups in total. The number of aliphatic carboxylic acids is 1. The summed E-state index contributed by atoms with van der Waals surface area (Å²) < 4.78 is 32.5. The van der Waals surface area contributed by atoms with Gasteiger partial charge in [0.05, 0.1) is 23.7 Å². The topological polar surface area (TPSA) is 111 Å². The second kappa shape index (κ2) is 5.57. The number of rotatable bonds is 6. The maximum atomic E-state index is 11.8. The standard InChI is InChI=1S/C10H15N3O5S/c14-10(15)6-13-5-8(4-11-13)12-19(16,17)7-9-2-1-3-18-9/h4-5,9,12H,1-3,6-7H2,(H,14,15). The molecule has 1 aromatic rings. The molecule has 2 heterocycles. The quantitative estimate of drug-likeness (QED) is 0.756. The average Bonchev–Trinajstić information content (AvgIpc) is 2.88. The Kier molecular flexibility index (Phi) is 4.05. The van der Waals surface area contributed by atoms with Gasteiger partial charge in [-0.15, -0.1) is 0 Å². The van der Waals surface area contributed by atoms with Crippen LogP contribution in [0.15, 0.2) is 12.4 Å². The van der Waals surface area contributed by atoms with E-state index in [2.05, 4.69) is 9.82 Å². The molecule has 0 aromatic carbocycles. The number of carbonyl (C=O) groups is 1. The summed E-state index contributed by atoms with van der Waals surface area (Å²) in [6.45, 7) is 0.282. The molecule has 1 aliphatic heterocycles. The average molecular weight is 289 g/mol. The normalized spacial score (nSPS) is 19.5. The molecule has 19 heavy (non-hydrogen) atoms. The van der Waals surface area contributed by atoms with E-state index in [9.17, 15) is 13.2 Å². The van der Waals surface area contributed by atoms with Crippen molar-refractivity contribution in [3.05, 3.63) is 12.4 Å². The summed E-state index contributed by atoms with van der Waals surface area (Å²) in [7, 11) is -3.51. The molecule has 0 aliphatic carbocycles. The summed E-state index contributed by atoms with van der Waals surface area (Å²) in [5.74, 6) is -1.14. The number of anilines is 1. The van der Waals surface area contributed by atoms with E-state index in [1.807, 2.05) is 0 Å². The molecule has 1 atom stereocenters. The van der Waals surface area contributed by atoms with Crippen LogP contribution in [0.1, 0.15) is 12.8 Å². The smallest absolute Gasteiger partial charge is 0.325 e. The van der Waals surface area contributed by atoms with Crippen LogP contribution in [0.5, 0.6) is 0 Å². The van der Waals surface area contributed by atoms with Crippen LogP contribution in [-0.4, -0.2) is 47.7 Å². The Bertz CT molecular complexity index is 547. The summed E-state index contributed by atoms with van der Waals surface area (Å²) in [6, 6.07) is 0. The molecule has 0 amide bonds. The first-order valence-electron chi connectivity index (χ1n) is 5.81. The van der Waals surface area contributed by atoms with Crippen LogP contribution >= 0.6 is 0 Å². The first kappa shape index (κ1) is 13.8. The molecule has 1 aliphatic rings. The molecule has 0 saturated carbocycles. The lowest BCUT2D eigenvalue weighted by atomic mass is 10.3. The predicted octanol–water partition coefficient (Wildman–Crippen LogP) is -0.112. The highest BCUT2D eigenvalue weighted by atomic mass is 32.2. The minimum absolute atomic E-state index is 0.100. The van der Waals surface area contributed by atoms with Crippen molar-refractivity contribution in [2.24, 2.45) is 0 Å². The van der Waals surface area contributed by atoms with E-state index in [0.29, 0.717) is 6.61 Å². The zero-order chi connectivity index (χ0) is 13.9. The van der Waals surface area contributed by atoms with Gasteiger partial charge in [-0.1, -0.05) is 0 Å². The van der Waals surface area contributed by atoms with Gasteiger partial charge in [0.25, 0.3) is 0 Å². The van der Waals surface area contributed by atoms with Gasteiger partial charge < -0.3 is 9.84 Å². The number of nitrogens with one attached hydrogen (secondary N) is 1. The third kappa shape index (κ3) is 4.21. The second-order valence-corrected chi connectivity index (χ2v) is 6.11. The third-order valence-electron chi connectivity index (χ3n) is 2.63. The van der Waals surface area contributed by atoms with E-state index < -0.39 is 16.0 Å². The number of hydrogen-bond acceptors (Lipinski definition) is 5. The van der Waals surface area contributed by atoms with Gasteiger partial charge in [-0.3, -0.25) is 14.2 Å². The molecule has 106 valence electrons. The maximum Gasteiger partial charge on any atom is 0.325 e. The molecule has 1 aromatic heterocycles. The fourth-order valence-corrected chi connectivity index (χ4v) is 3.18. The minimum Gasteiger partial charge on any atom is -0.480 e. The van der Waals surface area contributed by atoms with Crippen molar-refractivity contribution < 1.29 is 23.1 Å². The van der Waals surface area contributed by atoms with E-state index >= 15 is 0 Å². The highest BCUT2D eigenvalue weighted by molar-refractivity contribution is 7.92. The van der Waals surface area contributed by atoms with Crippen molar-refractivity contribution in [1.82, 2.24) is 9.78 Å². The lowest BCUT2D eigenvalue weighted by molar-refractivity contribution is -0.137. The van der Waals surface area contributed by atoms with E-state index in [-0.39, 0.29) is 24.1 Å². The Hall–Kier alpha value is -1.61. The molecular formula is C10H15N3O5S. The summed E-state index contributed by atoms with van der Waals surface area (Å²) in [4.78, 5) is 10.5. The molecule has 8 nitrogen and oxygen atoms in total. The Morgan fingerprint density at radius 3 is 3.05 bits per heavy atom. The third-order valence-corrected chi connectivity index (χ3v) is 3.99. The zero-order valence-electron chi connectivity index (χ0n) is 10.2. The lowest BCUT2D eigenvalue weighted by Gasteiger charge is -2.10. The van der Waals surface area contributed by atoms with Crippen LogP contribution in [-0.2, 0) is 26.1 Å². The van der Waals surface area contributed by atoms with Crippen LogP contribution in [0.3, 0.4) is 0 Å². The van der Waals surface area contributed by atoms with Crippen molar-refractivity contribution in [1.29, 1.82) is 0 Å². The van der Waals surface area contributed by atoms with Crippen LogP contribution in [0.2, 0.25) is 0 Å². The number of carboxylic acid groups (broad SMARTS) is 1. The van der Waals surface area contributed by atoms with Gasteiger partial charge in [-0.25, -0.2) is 8.42 Å².